The maximum atomic E-state index is 11.2. The Morgan fingerprint density at radius 3 is 2.37 bits per heavy atom. The van der Waals surface area contributed by atoms with Gasteiger partial charge in [0.1, 0.15) is 0 Å². The van der Waals surface area contributed by atoms with Gasteiger partial charge in [-0.15, -0.1) is 0 Å². The van der Waals surface area contributed by atoms with E-state index in [1.54, 1.807) is 24.3 Å². The van der Waals surface area contributed by atoms with Crippen molar-refractivity contribution in [1.82, 2.24) is 4.90 Å². The van der Waals surface area contributed by atoms with E-state index in [2.05, 4.69) is 16.5 Å². The van der Waals surface area contributed by atoms with Crippen molar-refractivity contribution in [2.75, 3.05) is 30.6 Å². The number of anilines is 1. The Bertz CT molecular complexity index is 642. The lowest BCUT2D eigenvalue weighted by molar-refractivity contribution is 0.155. The second kappa shape index (κ2) is 11.0. The summed E-state index contributed by atoms with van der Waals surface area (Å²) in [6.45, 7) is 5.44. The Hall–Kier alpha value is -1.11. The summed E-state index contributed by atoms with van der Waals surface area (Å²) >= 11 is 0. The fourth-order valence-corrected chi connectivity index (χ4v) is 4.01. The molecule has 1 aliphatic rings. The van der Waals surface area contributed by atoms with Crippen LogP contribution in [0.5, 0.6) is 0 Å². The van der Waals surface area contributed by atoms with Gasteiger partial charge in [0.15, 0.2) is 0 Å². The number of hydrogen-bond donors (Lipinski definition) is 2. The minimum absolute atomic E-state index is 0.505. The molecular weight excluding hydrogens is 360 g/mol. The number of rotatable bonds is 14. The molecule has 6 heteroatoms. The Morgan fingerprint density at radius 1 is 1.11 bits per heavy atom. The third-order valence-corrected chi connectivity index (χ3v) is 5.89. The SMILES string of the molecule is CCN(CCCCCC1CC1)CCCC(O)c1ccc(NS(C)(=O)=O)cc1. The molecule has 2 N–H and O–H groups in total. The Balaban J connectivity index is 1.63. The van der Waals surface area contributed by atoms with E-state index in [0.29, 0.717) is 5.69 Å². The van der Waals surface area contributed by atoms with Gasteiger partial charge in [0, 0.05) is 5.69 Å². The number of aliphatic hydroxyl groups excluding tert-OH is 1. The van der Waals surface area contributed by atoms with Crippen LogP contribution in [-0.4, -0.2) is 44.3 Å². The molecule has 0 saturated heterocycles. The van der Waals surface area contributed by atoms with E-state index in [0.717, 1.165) is 50.2 Å². The van der Waals surface area contributed by atoms with Crippen LogP contribution in [0.1, 0.15) is 70.0 Å². The van der Waals surface area contributed by atoms with Crippen molar-refractivity contribution in [3.8, 4) is 0 Å². The Kier molecular flexibility index (Phi) is 9.06. The summed E-state index contributed by atoms with van der Waals surface area (Å²) in [7, 11) is -3.27. The summed E-state index contributed by atoms with van der Waals surface area (Å²) in [6.07, 6.45) is 10.6. The summed E-state index contributed by atoms with van der Waals surface area (Å²) < 4.78 is 24.9. The number of aliphatic hydroxyl groups is 1. The van der Waals surface area contributed by atoms with Crippen molar-refractivity contribution in [3.63, 3.8) is 0 Å². The highest BCUT2D eigenvalue weighted by atomic mass is 32.2. The van der Waals surface area contributed by atoms with Gasteiger partial charge >= 0.3 is 0 Å². The van der Waals surface area contributed by atoms with E-state index in [1.807, 2.05) is 0 Å². The fourth-order valence-electron chi connectivity index (χ4n) is 3.44. The molecule has 1 fully saturated rings. The predicted molar refractivity (Wildman–Crippen MR) is 112 cm³/mol. The highest BCUT2D eigenvalue weighted by Crippen LogP contribution is 2.34. The topological polar surface area (TPSA) is 69.6 Å². The number of sulfonamides is 1. The van der Waals surface area contributed by atoms with Gasteiger partial charge in [-0.2, -0.15) is 0 Å². The molecule has 0 radical (unpaired) electrons. The molecule has 1 atom stereocenters. The van der Waals surface area contributed by atoms with Crippen molar-refractivity contribution in [3.05, 3.63) is 29.8 Å². The van der Waals surface area contributed by atoms with E-state index in [1.165, 1.54) is 38.5 Å². The number of nitrogens with zero attached hydrogens (tertiary/aromatic N) is 1. The zero-order chi connectivity index (χ0) is 19.7. The van der Waals surface area contributed by atoms with Crippen LogP contribution in [0.15, 0.2) is 24.3 Å². The van der Waals surface area contributed by atoms with Crippen molar-refractivity contribution in [1.29, 1.82) is 0 Å². The molecule has 1 aliphatic carbocycles. The minimum Gasteiger partial charge on any atom is -0.388 e. The van der Waals surface area contributed by atoms with Crippen LogP contribution in [0.3, 0.4) is 0 Å². The average Bonchev–Trinajstić information content (AvgIpc) is 3.43. The molecule has 0 heterocycles. The first-order chi connectivity index (χ1) is 12.9. The van der Waals surface area contributed by atoms with Crippen LogP contribution in [0.2, 0.25) is 0 Å². The lowest BCUT2D eigenvalue weighted by Gasteiger charge is -2.21. The molecule has 0 bridgehead atoms. The number of nitrogens with one attached hydrogen (secondary N) is 1. The molecule has 1 saturated carbocycles. The van der Waals surface area contributed by atoms with Gasteiger partial charge in [-0.25, -0.2) is 8.42 Å². The normalized spacial score (nSPS) is 15.9. The van der Waals surface area contributed by atoms with Gasteiger partial charge in [-0.1, -0.05) is 51.2 Å². The monoisotopic (exact) mass is 396 g/mol. The molecule has 0 spiro atoms. The fraction of sp³-hybridized carbons (Fsp3) is 0.714. The van der Waals surface area contributed by atoms with Crippen molar-refractivity contribution >= 4 is 15.7 Å². The highest BCUT2D eigenvalue weighted by Gasteiger charge is 2.19. The zero-order valence-corrected chi connectivity index (χ0v) is 17.7. The summed E-state index contributed by atoms with van der Waals surface area (Å²) in [4.78, 5) is 2.48. The lowest BCUT2D eigenvalue weighted by Crippen LogP contribution is -2.26. The van der Waals surface area contributed by atoms with Crippen LogP contribution < -0.4 is 4.72 Å². The third-order valence-electron chi connectivity index (χ3n) is 5.28. The first-order valence-electron chi connectivity index (χ1n) is 10.4. The van der Waals surface area contributed by atoms with Crippen LogP contribution in [0.4, 0.5) is 5.69 Å². The Morgan fingerprint density at radius 2 is 1.78 bits per heavy atom. The summed E-state index contributed by atoms with van der Waals surface area (Å²) in [5.74, 6) is 1.05. The van der Waals surface area contributed by atoms with Gasteiger partial charge in [-0.05, 0) is 62.5 Å². The summed E-state index contributed by atoms with van der Waals surface area (Å²) in [5.41, 5.74) is 1.35. The molecule has 1 unspecified atom stereocenters. The van der Waals surface area contributed by atoms with E-state index < -0.39 is 16.1 Å². The molecular formula is C21H36N2O3S. The summed E-state index contributed by atoms with van der Waals surface area (Å²) in [5, 5.41) is 10.4. The van der Waals surface area contributed by atoms with Gasteiger partial charge in [-0.3, -0.25) is 4.72 Å². The van der Waals surface area contributed by atoms with Crippen LogP contribution in [0.25, 0.3) is 0 Å². The zero-order valence-electron chi connectivity index (χ0n) is 16.9. The molecule has 5 nitrogen and oxygen atoms in total. The van der Waals surface area contributed by atoms with Gasteiger partial charge in [0.25, 0.3) is 0 Å². The number of hydrogen-bond acceptors (Lipinski definition) is 4. The predicted octanol–water partition coefficient (Wildman–Crippen LogP) is 4.16. The molecule has 154 valence electrons. The molecule has 27 heavy (non-hydrogen) atoms. The van der Waals surface area contributed by atoms with Crippen LogP contribution in [0, 0.1) is 5.92 Å². The lowest BCUT2D eigenvalue weighted by atomic mass is 10.0. The third kappa shape index (κ3) is 9.58. The average molecular weight is 397 g/mol. The smallest absolute Gasteiger partial charge is 0.229 e. The van der Waals surface area contributed by atoms with E-state index >= 15 is 0 Å². The molecule has 2 rings (SSSR count). The van der Waals surface area contributed by atoms with Gasteiger partial charge in [0.05, 0.1) is 12.4 Å². The first kappa shape index (κ1) is 22.2. The van der Waals surface area contributed by atoms with Crippen molar-refractivity contribution in [2.45, 2.75) is 64.4 Å². The van der Waals surface area contributed by atoms with E-state index in [9.17, 15) is 13.5 Å². The molecule has 1 aromatic carbocycles. The Labute approximate surface area is 165 Å². The second-order valence-electron chi connectivity index (χ2n) is 7.88. The van der Waals surface area contributed by atoms with E-state index in [-0.39, 0.29) is 0 Å². The standard InChI is InChI=1S/C21H36N2O3S/c1-3-23(16-6-4-5-8-18-10-11-18)17-7-9-21(24)19-12-14-20(15-13-19)22-27(2,25)26/h12-15,18,21-22,24H,3-11,16-17H2,1-2H3. The van der Waals surface area contributed by atoms with E-state index in [4.69, 9.17) is 0 Å². The van der Waals surface area contributed by atoms with Crippen LogP contribution >= 0.6 is 0 Å². The maximum absolute atomic E-state index is 11.2. The molecule has 0 aliphatic heterocycles. The first-order valence-corrected chi connectivity index (χ1v) is 12.2. The van der Waals surface area contributed by atoms with Crippen molar-refractivity contribution < 1.29 is 13.5 Å². The second-order valence-corrected chi connectivity index (χ2v) is 9.63. The number of unbranched alkanes of at least 4 members (excludes halogenated alkanes) is 2. The summed E-state index contributed by atoms with van der Waals surface area (Å²) in [6, 6.07) is 6.96. The van der Waals surface area contributed by atoms with Crippen LogP contribution in [-0.2, 0) is 10.0 Å². The quantitative estimate of drug-likeness (QED) is 0.463. The highest BCUT2D eigenvalue weighted by molar-refractivity contribution is 7.92. The largest absolute Gasteiger partial charge is 0.388 e. The number of benzene rings is 1. The van der Waals surface area contributed by atoms with Gasteiger partial charge in [0.2, 0.25) is 10.0 Å². The van der Waals surface area contributed by atoms with Crippen molar-refractivity contribution in [2.24, 2.45) is 5.92 Å². The minimum atomic E-state index is -3.27. The molecule has 1 aromatic rings. The molecule has 0 amide bonds. The maximum Gasteiger partial charge on any atom is 0.229 e. The molecule has 0 aromatic heterocycles. The van der Waals surface area contributed by atoms with Gasteiger partial charge < -0.3 is 10.0 Å².